The largest absolute Gasteiger partial charge is 0.480 e. The Morgan fingerprint density at radius 3 is 2.29 bits per heavy atom. The summed E-state index contributed by atoms with van der Waals surface area (Å²) >= 11 is 0. The topological polar surface area (TPSA) is 113 Å². The van der Waals surface area contributed by atoms with Crippen molar-refractivity contribution in [3.8, 4) is 0 Å². The van der Waals surface area contributed by atoms with Crippen LogP contribution < -0.4 is 11.5 Å². The minimum absolute atomic E-state index is 0.0509. The van der Waals surface area contributed by atoms with E-state index >= 15 is 0 Å². The average molecular weight is 235 g/mol. The van der Waals surface area contributed by atoms with Crippen LogP contribution >= 0.6 is 0 Å². The molecule has 1 atom stereocenters. The van der Waals surface area contributed by atoms with E-state index in [4.69, 9.17) is 16.9 Å². The SMILES string of the molecule is CCCC(N)(C(=O)O)c1ccc(C(=N)N)cc1. The molecule has 0 saturated carbocycles. The summed E-state index contributed by atoms with van der Waals surface area (Å²) in [6, 6.07) is 6.44. The maximum Gasteiger partial charge on any atom is 0.328 e. The lowest BCUT2D eigenvalue weighted by atomic mass is 9.86. The van der Waals surface area contributed by atoms with Crippen molar-refractivity contribution in [2.24, 2.45) is 11.5 Å². The van der Waals surface area contributed by atoms with E-state index in [0.717, 1.165) is 0 Å². The molecule has 0 aliphatic rings. The summed E-state index contributed by atoms with van der Waals surface area (Å²) in [5.74, 6) is -1.10. The maximum absolute atomic E-state index is 11.2. The zero-order chi connectivity index (χ0) is 13.1. The molecule has 1 aromatic rings. The van der Waals surface area contributed by atoms with Gasteiger partial charge in [0.25, 0.3) is 0 Å². The van der Waals surface area contributed by atoms with Gasteiger partial charge in [-0.2, -0.15) is 0 Å². The zero-order valence-corrected chi connectivity index (χ0v) is 9.73. The third kappa shape index (κ3) is 2.62. The second kappa shape index (κ2) is 4.97. The molecule has 5 nitrogen and oxygen atoms in total. The van der Waals surface area contributed by atoms with Gasteiger partial charge in [-0.25, -0.2) is 4.79 Å². The fourth-order valence-corrected chi connectivity index (χ4v) is 1.72. The predicted molar refractivity (Wildman–Crippen MR) is 65.9 cm³/mol. The summed E-state index contributed by atoms with van der Waals surface area (Å²) in [7, 11) is 0. The van der Waals surface area contributed by atoms with Gasteiger partial charge in [-0.15, -0.1) is 0 Å². The molecule has 0 bridgehead atoms. The lowest BCUT2D eigenvalue weighted by molar-refractivity contribution is -0.144. The van der Waals surface area contributed by atoms with Gasteiger partial charge in [0, 0.05) is 5.56 Å². The van der Waals surface area contributed by atoms with Gasteiger partial charge in [0.1, 0.15) is 11.4 Å². The summed E-state index contributed by atoms with van der Waals surface area (Å²) in [6.45, 7) is 1.88. The number of aliphatic carboxylic acids is 1. The van der Waals surface area contributed by atoms with Gasteiger partial charge in [-0.3, -0.25) is 5.41 Å². The fourth-order valence-electron chi connectivity index (χ4n) is 1.72. The van der Waals surface area contributed by atoms with Crippen LogP contribution in [0.3, 0.4) is 0 Å². The first-order chi connectivity index (χ1) is 7.91. The normalized spacial score (nSPS) is 14.0. The molecule has 0 heterocycles. The van der Waals surface area contributed by atoms with Gasteiger partial charge < -0.3 is 16.6 Å². The zero-order valence-electron chi connectivity index (χ0n) is 9.73. The first-order valence-electron chi connectivity index (χ1n) is 5.39. The molecule has 17 heavy (non-hydrogen) atoms. The van der Waals surface area contributed by atoms with Crippen molar-refractivity contribution < 1.29 is 9.90 Å². The lowest BCUT2D eigenvalue weighted by Gasteiger charge is -2.24. The lowest BCUT2D eigenvalue weighted by Crippen LogP contribution is -2.44. The molecule has 5 heteroatoms. The number of hydrogen-bond donors (Lipinski definition) is 4. The van der Waals surface area contributed by atoms with Crippen molar-refractivity contribution in [2.75, 3.05) is 0 Å². The minimum Gasteiger partial charge on any atom is -0.480 e. The molecule has 0 fully saturated rings. The number of rotatable bonds is 5. The monoisotopic (exact) mass is 235 g/mol. The molecule has 1 unspecified atom stereocenters. The van der Waals surface area contributed by atoms with E-state index < -0.39 is 11.5 Å². The number of hydrogen-bond acceptors (Lipinski definition) is 3. The molecular weight excluding hydrogens is 218 g/mol. The Kier molecular flexibility index (Phi) is 3.85. The molecule has 1 rings (SSSR count). The van der Waals surface area contributed by atoms with Crippen LogP contribution in [0.4, 0.5) is 0 Å². The Balaban J connectivity index is 3.12. The van der Waals surface area contributed by atoms with Gasteiger partial charge in [0.15, 0.2) is 0 Å². The molecule has 0 aliphatic carbocycles. The maximum atomic E-state index is 11.2. The molecule has 0 aromatic heterocycles. The van der Waals surface area contributed by atoms with Crippen LogP contribution in [-0.2, 0) is 10.3 Å². The Morgan fingerprint density at radius 2 is 1.94 bits per heavy atom. The van der Waals surface area contributed by atoms with Crippen LogP contribution in [0.5, 0.6) is 0 Å². The smallest absolute Gasteiger partial charge is 0.328 e. The fraction of sp³-hybridized carbons (Fsp3) is 0.333. The third-order valence-corrected chi connectivity index (χ3v) is 2.74. The van der Waals surface area contributed by atoms with Gasteiger partial charge >= 0.3 is 5.97 Å². The Labute approximate surface area is 99.9 Å². The highest BCUT2D eigenvalue weighted by molar-refractivity contribution is 5.95. The van der Waals surface area contributed by atoms with Crippen molar-refractivity contribution in [3.05, 3.63) is 35.4 Å². The van der Waals surface area contributed by atoms with Gasteiger partial charge in [0.2, 0.25) is 0 Å². The number of carboxylic acid groups (broad SMARTS) is 1. The summed E-state index contributed by atoms with van der Waals surface area (Å²) in [6.07, 6.45) is 1.04. The summed E-state index contributed by atoms with van der Waals surface area (Å²) in [5, 5.41) is 16.5. The number of nitrogens with one attached hydrogen (secondary N) is 1. The Bertz CT molecular complexity index is 428. The van der Waals surface area contributed by atoms with E-state index in [9.17, 15) is 9.90 Å². The molecule has 92 valence electrons. The van der Waals surface area contributed by atoms with Crippen LogP contribution in [0.1, 0.15) is 30.9 Å². The number of carbonyl (C=O) groups is 1. The van der Waals surface area contributed by atoms with Gasteiger partial charge in [-0.05, 0) is 12.0 Å². The van der Waals surface area contributed by atoms with Crippen LogP contribution in [0.25, 0.3) is 0 Å². The second-order valence-corrected chi connectivity index (χ2v) is 4.02. The highest BCUT2D eigenvalue weighted by Gasteiger charge is 2.34. The second-order valence-electron chi connectivity index (χ2n) is 4.02. The molecule has 0 aliphatic heterocycles. The van der Waals surface area contributed by atoms with Gasteiger partial charge in [0.05, 0.1) is 0 Å². The van der Waals surface area contributed by atoms with Crippen molar-refractivity contribution in [2.45, 2.75) is 25.3 Å². The molecule has 0 radical (unpaired) electrons. The number of nitrogens with two attached hydrogens (primary N) is 2. The summed E-state index contributed by atoms with van der Waals surface area (Å²) in [5.41, 5.74) is 10.9. The van der Waals surface area contributed by atoms with E-state index in [1.807, 2.05) is 6.92 Å². The van der Waals surface area contributed by atoms with Crippen molar-refractivity contribution in [1.82, 2.24) is 0 Å². The first-order valence-corrected chi connectivity index (χ1v) is 5.39. The predicted octanol–water partition coefficient (Wildman–Crippen LogP) is 1.01. The molecule has 0 amide bonds. The quantitative estimate of drug-likeness (QED) is 0.450. The average Bonchev–Trinajstić information content (AvgIpc) is 2.29. The number of benzene rings is 1. The molecule has 6 N–H and O–H groups in total. The number of nitrogen functional groups attached to an aromatic ring is 1. The first kappa shape index (κ1) is 13.2. The van der Waals surface area contributed by atoms with Crippen LogP contribution in [0, 0.1) is 5.41 Å². The highest BCUT2D eigenvalue weighted by Crippen LogP contribution is 2.24. The van der Waals surface area contributed by atoms with E-state index in [1.165, 1.54) is 0 Å². The van der Waals surface area contributed by atoms with Crippen LogP contribution in [0.2, 0.25) is 0 Å². The number of carboxylic acids is 1. The Hall–Kier alpha value is -1.88. The van der Waals surface area contributed by atoms with E-state index in [-0.39, 0.29) is 5.84 Å². The standard InChI is InChI=1S/C12H17N3O2/c1-2-7-12(15,11(16)17)9-5-3-8(4-6-9)10(13)14/h3-6H,2,7,15H2,1H3,(H3,13,14)(H,16,17). The van der Waals surface area contributed by atoms with E-state index in [1.54, 1.807) is 24.3 Å². The molecular formula is C12H17N3O2. The molecule has 1 aromatic carbocycles. The number of amidine groups is 1. The van der Waals surface area contributed by atoms with Crippen LogP contribution in [0.15, 0.2) is 24.3 Å². The molecule has 0 saturated heterocycles. The van der Waals surface area contributed by atoms with Crippen molar-refractivity contribution >= 4 is 11.8 Å². The van der Waals surface area contributed by atoms with Gasteiger partial charge in [-0.1, -0.05) is 37.6 Å². The summed E-state index contributed by atoms with van der Waals surface area (Å²) < 4.78 is 0. The summed E-state index contributed by atoms with van der Waals surface area (Å²) in [4.78, 5) is 11.2. The Morgan fingerprint density at radius 1 is 1.41 bits per heavy atom. The van der Waals surface area contributed by atoms with Crippen LogP contribution in [-0.4, -0.2) is 16.9 Å². The van der Waals surface area contributed by atoms with Crippen molar-refractivity contribution in [1.29, 1.82) is 5.41 Å². The minimum atomic E-state index is -1.37. The highest BCUT2D eigenvalue weighted by atomic mass is 16.4. The van der Waals surface area contributed by atoms with Crippen molar-refractivity contribution in [3.63, 3.8) is 0 Å². The van der Waals surface area contributed by atoms with E-state index in [0.29, 0.717) is 24.0 Å². The molecule has 0 spiro atoms. The third-order valence-electron chi connectivity index (χ3n) is 2.74. The van der Waals surface area contributed by atoms with E-state index in [2.05, 4.69) is 0 Å².